The van der Waals surface area contributed by atoms with Crippen LogP contribution in [0.3, 0.4) is 0 Å². The van der Waals surface area contributed by atoms with Gasteiger partial charge in [0.15, 0.2) is 0 Å². The van der Waals surface area contributed by atoms with Gasteiger partial charge in [-0.3, -0.25) is 4.79 Å². The molecule has 2 aromatic carbocycles. The largest absolute Gasteiger partial charge is 0.506 e. The second kappa shape index (κ2) is 8.78. The van der Waals surface area contributed by atoms with Crippen LogP contribution in [0.1, 0.15) is 24.1 Å². The Labute approximate surface area is 185 Å². The minimum atomic E-state index is -3.64. The lowest BCUT2D eigenvalue weighted by Crippen LogP contribution is -2.28. The van der Waals surface area contributed by atoms with Gasteiger partial charge in [0.05, 0.1) is 22.7 Å². The van der Waals surface area contributed by atoms with Gasteiger partial charge in [-0.05, 0) is 38.0 Å². The molecule has 1 fully saturated rings. The summed E-state index contributed by atoms with van der Waals surface area (Å²) >= 11 is 1.45. The first kappa shape index (κ1) is 21.5. The van der Waals surface area contributed by atoms with Crippen LogP contribution < -0.4 is 5.32 Å². The van der Waals surface area contributed by atoms with Crippen molar-refractivity contribution in [2.24, 2.45) is 0 Å². The maximum absolute atomic E-state index is 12.8. The van der Waals surface area contributed by atoms with E-state index in [4.69, 9.17) is 0 Å². The molecular formula is C22H23N3O4S2. The quantitative estimate of drug-likeness (QED) is 0.549. The number of sulfonamides is 1. The second-order valence-corrected chi connectivity index (χ2v) is 10.3. The summed E-state index contributed by atoms with van der Waals surface area (Å²) in [5, 5.41) is 15.4. The molecule has 162 valence electrons. The molecule has 3 aromatic rings. The highest BCUT2D eigenvalue weighted by Crippen LogP contribution is 2.30. The van der Waals surface area contributed by atoms with Crippen LogP contribution >= 0.6 is 11.3 Å². The molecule has 1 aliphatic rings. The molecule has 0 unspecified atom stereocenters. The predicted octanol–water partition coefficient (Wildman–Crippen LogP) is 3.79. The lowest BCUT2D eigenvalue weighted by atomic mass is 10.2. The van der Waals surface area contributed by atoms with Crippen LogP contribution in [0.4, 0.5) is 5.69 Å². The first-order valence-corrected chi connectivity index (χ1v) is 12.3. The number of thiazole rings is 1. The van der Waals surface area contributed by atoms with Gasteiger partial charge in [-0.2, -0.15) is 4.31 Å². The Morgan fingerprint density at radius 1 is 1.16 bits per heavy atom. The molecule has 1 aromatic heterocycles. The Morgan fingerprint density at radius 2 is 1.87 bits per heavy atom. The predicted molar refractivity (Wildman–Crippen MR) is 121 cm³/mol. The third kappa shape index (κ3) is 4.79. The van der Waals surface area contributed by atoms with Gasteiger partial charge in [0.1, 0.15) is 10.8 Å². The molecule has 0 radical (unpaired) electrons. The topological polar surface area (TPSA) is 99.6 Å². The first-order valence-electron chi connectivity index (χ1n) is 9.97. The summed E-state index contributed by atoms with van der Waals surface area (Å²) in [7, 11) is -3.64. The SMILES string of the molecule is Cc1ccc(-c2nc(CC(=O)Nc3cc(S(=O)(=O)N4CCCC4)ccc3O)cs2)cc1. The molecule has 4 rings (SSSR count). The average Bonchev–Trinajstić information content (AvgIpc) is 3.43. The fraction of sp³-hybridized carbons (Fsp3) is 0.273. The number of aromatic hydroxyl groups is 1. The molecule has 2 N–H and O–H groups in total. The number of carbonyl (C=O) groups excluding carboxylic acids is 1. The van der Waals surface area contributed by atoms with Gasteiger partial charge in [-0.15, -0.1) is 11.3 Å². The Kier molecular flexibility index (Phi) is 6.08. The molecular weight excluding hydrogens is 434 g/mol. The van der Waals surface area contributed by atoms with E-state index in [1.807, 2.05) is 36.6 Å². The molecule has 1 amide bonds. The van der Waals surface area contributed by atoms with Crippen molar-refractivity contribution in [3.8, 4) is 16.3 Å². The Morgan fingerprint density at radius 3 is 2.58 bits per heavy atom. The van der Waals surface area contributed by atoms with E-state index in [2.05, 4.69) is 10.3 Å². The number of benzene rings is 2. The van der Waals surface area contributed by atoms with Crippen molar-refractivity contribution in [3.05, 3.63) is 59.1 Å². The number of carbonyl (C=O) groups is 1. The number of rotatable bonds is 6. The highest BCUT2D eigenvalue weighted by atomic mass is 32.2. The molecule has 0 aliphatic carbocycles. The fourth-order valence-corrected chi connectivity index (χ4v) is 5.80. The highest BCUT2D eigenvalue weighted by molar-refractivity contribution is 7.89. The van der Waals surface area contributed by atoms with Crippen LogP contribution in [0.25, 0.3) is 10.6 Å². The zero-order valence-electron chi connectivity index (χ0n) is 17.0. The number of hydrogen-bond donors (Lipinski definition) is 2. The minimum Gasteiger partial charge on any atom is -0.506 e. The number of anilines is 1. The zero-order chi connectivity index (χ0) is 22.0. The van der Waals surface area contributed by atoms with E-state index >= 15 is 0 Å². The normalized spacial score (nSPS) is 14.6. The Hall–Kier alpha value is -2.75. The Balaban J connectivity index is 1.47. The monoisotopic (exact) mass is 457 g/mol. The number of amides is 1. The number of aromatic nitrogens is 1. The summed E-state index contributed by atoms with van der Waals surface area (Å²) in [5.74, 6) is -0.570. The summed E-state index contributed by atoms with van der Waals surface area (Å²) in [6.45, 7) is 2.98. The van der Waals surface area contributed by atoms with Gasteiger partial charge in [0, 0.05) is 24.0 Å². The van der Waals surface area contributed by atoms with E-state index in [1.165, 1.54) is 33.8 Å². The molecule has 7 nitrogen and oxygen atoms in total. The van der Waals surface area contributed by atoms with E-state index in [0.717, 1.165) is 29.0 Å². The number of nitrogens with one attached hydrogen (secondary N) is 1. The summed E-state index contributed by atoms with van der Waals surface area (Å²) in [5.41, 5.74) is 2.83. The number of nitrogens with zero attached hydrogens (tertiary/aromatic N) is 2. The average molecular weight is 458 g/mol. The Bertz CT molecular complexity index is 1200. The maximum Gasteiger partial charge on any atom is 0.243 e. The molecule has 1 saturated heterocycles. The van der Waals surface area contributed by atoms with Crippen molar-refractivity contribution in [2.45, 2.75) is 31.1 Å². The summed E-state index contributed by atoms with van der Waals surface area (Å²) in [4.78, 5) is 17.1. The molecule has 0 saturated carbocycles. The third-order valence-electron chi connectivity index (χ3n) is 5.14. The van der Waals surface area contributed by atoms with E-state index in [1.54, 1.807) is 0 Å². The number of hydrogen-bond acceptors (Lipinski definition) is 6. The molecule has 31 heavy (non-hydrogen) atoms. The van der Waals surface area contributed by atoms with Gasteiger partial charge in [-0.25, -0.2) is 13.4 Å². The molecule has 0 atom stereocenters. The zero-order valence-corrected chi connectivity index (χ0v) is 18.7. The molecule has 0 spiro atoms. The van der Waals surface area contributed by atoms with Crippen molar-refractivity contribution in [1.82, 2.24) is 9.29 Å². The maximum atomic E-state index is 12.8. The number of phenols is 1. The van der Waals surface area contributed by atoms with Gasteiger partial charge in [0.25, 0.3) is 0 Å². The standard InChI is InChI=1S/C22H23N3O4S2/c1-15-4-6-16(7-5-15)22-23-17(14-30-22)12-21(27)24-19-13-18(8-9-20(19)26)31(28,29)25-10-2-3-11-25/h4-9,13-14,26H,2-3,10-12H2,1H3,(H,24,27). The second-order valence-electron chi connectivity index (χ2n) is 7.53. The smallest absolute Gasteiger partial charge is 0.243 e. The lowest BCUT2D eigenvalue weighted by molar-refractivity contribution is -0.115. The fourth-order valence-electron chi connectivity index (χ4n) is 3.43. The molecule has 1 aliphatic heterocycles. The van der Waals surface area contributed by atoms with Gasteiger partial charge in [-0.1, -0.05) is 29.8 Å². The first-order chi connectivity index (χ1) is 14.8. The van der Waals surface area contributed by atoms with Crippen LogP contribution in [0.15, 0.2) is 52.7 Å². The highest BCUT2D eigenvalue weighted by Gasteiger charge is 2.28. The van der Waals surface area contributed by atoms with Crippen LogP contribution in [-0.4, -0.2) is 41.8 Å². The summed E-state index contributed by atoms with van der Waals surface area (Å²) < 4.78 is 26.9. The minimum absolute atomic E-state index is 0.0188. The third-order valence-corrected chi connectivity index (χ3v) is 7.97. The van der Waals surface area contributed by atoms with Crippen LogP contribution in [0.2, 0.25) is 0 Å². The number of phenolic OH excluding ortho intramolecular Hbond substituents is 1. The van der Waals surface area contributed by atoms with Crippen molar-refractivity contribution in [2.75, 3.05) is 18.4 Å². The van der Waals surface area contributed by atoms with E-state index in [0.29, 0.717) is 18.8 Å². The van der Waals surface area contributed by atoms with Crippen LogP contribution in [0.5, 0.6) is 5.75 Å². The molecule has 2 heterocycles. The lowest BCUT2D eigenvalue weighted by Gasteiger charge is -2.16. The number of aryl methyl sites for hydroxylation is 1. The van der Waals surface area contributed by atoms with Gasteiger partial charge in [0.2, 0.25) is 15.9 Å². The molecule has 0 bridgehead atoms. The van der Waals surface area contributed by atoms with Crippen molar-refractivity contribution >= 4 is 33.0 Å². The van der Waals surface area contributed by atoms with E-state index in [9.17, 15) is 18.3 Å². The summed E-state index contributed by atoms with van der Waals surface area (Å²) in [6, 6.07) is 11.9. The van der Waals surface area contributed by atoms with Crippen molar-refractivity contribution in [3.63, 3.8) is 0 Å². The van der Waals surface area contributed by atoms with E-state index < -0.39 is 10.0 Å². The van der Waals surface area contributed by atoms with Crippen molar-refractivity contribution < 1.29 is 18.3 Å². The van der Waals surface area contributed by atoms with Crippen LogP contribution in [-0.2, 0) is 21.2 Å². The van der Waals surface area contributed by atoms with Gasteiger partial charge >= 0.3 is 0 Å². The summed E-state index contributed by atoms with van der Waals surface area (Å²) in [6.07, 6.45) is 1.68. The van der Waals surface area contributed by atoms with Crippen molar-refractivity contribution in [1.29, 1.82) is 0 Å². The van der Waals surface area contributed by atoms with E-state index in [-0.39, 0.29) is 28.7 Å². The van der Waals surface area contributed by atoms with Crippen LogP contribution in [0, 0.1) is 6.92 Å². The molecule has 9 heteroatoms. The van der Waals surface area contributed by atoms with Gasteiger partial charge < -0.3 is 10.4 Å².